The first-order chi connectivity index (χ1) is 9.38. The van der Waals surface area contributed by atoms with E-state index in [1.807, 2.05) is 0 Å². The third-order valence-corrected chi connectivity index (χ3v) is 5.05. The molecule has 1 nitrogen and oxygen atoms in total. The van der Waals surface area contributed by atoms with Crippen LogP contribution in [0.5, 0.6) is 0 Å². The summed E-state index contributed by atoms with van der Waals surface area (Å²) in [5.41, 5.74) is 1.59. The highest BCUT2D eigenvalue weighted by Crippen LogP contribution is 2.30. The zero-order valence-corrected chi connectivity index (χ0v) is 13.9. The van der Waals surface area contributed by atoms with Crippen LogP contribution in [0.2, 0.25) is 0 Å². The summed E-state index contributed by atoms with van der Waals surface area (Å²) in [5, 5.41) is 3.66. The van der Waals surface area contributed by atoms with E-state index in [0.717, 1.165) is 0 Å². The smallest absolute Gasteiger partial charge is 0.0238 e. The van der Waals surface area contributed by atoms with Gasteiger partial charge in [-0.1, -0.05) is 58.8 Å². The highest BCUT2D eigenvalue weighted by molar-refractivity contribution is 8.03. The van der Waals surface area contributed by atoms with Gasteiger partial charge in [-0.15, -0.1) is 11.8 Å². The number of thioether (sulfide) groups is 1. The molecule has 112 valence electrons. The summed E-state index contributed by atoms with van der Waals surface area (Å²) in [6.07, 6.45) is 15.1. The van der Waals surface area contributed by atoms with Gasteiger partial charge < -0.3 is 5.32 Å². The second-order valence-corrected chi connectivity index (χ2v) is 6.84. The van der Waals surface area contributed by atoms with Crippen LogP contribution in [0, 0.1) is 0 Å². The molecular formula is C17H33NS. The average Bonchev–Trinajstić information content (AvgIpc) is 2.45. The summed E-state index contributed by atoms with van der Waals surface area (Å²) in [6, 6.07) is 0. The zero-order chi connectivity index (χ0) is 13.8. The van der Waals surface area contributed by atoms with Gasteiger partial charge in [0.2, 0.25) is 0 Å². The lowest BCUT2D eigenvalue weighted by Crippen LogP contribution is -2.22. The molecule has 0 unspecified atom stereocenters. The number of hydrogen-bond donors (Lipinski definition) is 1. The molecular weight excluding hydrogens is 250 g/mol. The Balaban J connectivity index is 2.25. The van der Waals surface area contributed by atoms with E-state index in [0.29, 0.717) is 0 Å². The minimum Gasteiger partial charge on any atom is -0.387 e. The third kappa shape index (κ3) is 7.91. The highest BCUT2D eigenvalue weighted by atomic mass is 32.2. The van der Waals surface area contributed by atoms with Gasteiger partial charge in [0.1, 0.15) is 0 Å². The summed E-state index contributed by atoms with van der Waals surface area (Å²) in [7, 11) is 0. The van der Waals surface area contributed by atoms with Crippen LogP contribution in [-0.2, 0) is 0 Å². The van der Waals surface area contributed by atoms with E-state index >= 15 is 0 Å². The molecule has 1 aliphatic heterocycles. The molecule has 0 atom stereocenters. The molecule has 0 radical (unpaired) electrons. The van der Waals surface area contributed by atoms with E-state index in [2.05, 4.69) is 30.9 Å². The zero-order valence-electron chi connectivity index (χ0n) is 13.1. The number of allylic oxidation sites excluding steroid dienone is 2. The minimum atomic E-state index is 1.17. The Hall–Kier alpha value is -0.110. The second-order valence-electron chi connectivity index (χ2n) is 5.65. The van der Waals surface area contributed by atoms with E-state index in [9.17, 15) is 0 Å². The van der Waals surface area contributed by atoms with Gasteiger partial charge in [0.05, 0.1) is 0 Å². The molecule has 0 spiro atoms. The lowest BCUT2D eigenvalue weighted by atomic mass is 10.1. The Kier molecular flexibility index (Phi) is 10.4. The fourth-order valence-corrected chi connectivity index (χ4v) is 3.72. The molecule has 0 amide bonds. The van der Waals surface area contributed by atoms with Crippen LogP contribution in [0.15, 0.2) is 10.6 Å². The van der Waals surface area contributed by atoms with Gasteiger partial charge in [0.15, 0.2) is 0 Å². The van der Waals surface area contributed by atoms with Crippen molar-refractivity contribution in [2.24, 2.45) is 0 Å². The van der Waals surface area contributed by atoms with Gasteiger partial charge in [0, 0.05) is 22.9 Å². The number of hydrogen-bond acceptors (Lipinski definition) is 2. The largest absolute Gasteiger partial charge is 0.387 e. The van der Waals surface area contributed by atoms with Gasteiger partial charge in [0.25, 0.3) is 0 Å². The molecule has 19 heavy (non-hydrogen) atoms. The van der Waals surface area contributed by atoms with Crippen molar-refractivity contribution >= 4 is 11.8 Å². The fourth-order valence-electron chi connectivity index (χ4n) is 2.63. The molecule has 1 aliphatic rings. The predicted molar refractivity (Wildman–Crippen MR) is 89.6 cm³/mol. The Morgan fingerprint density at radius 1 is 0.842 bits per heavy atom. The molecule has 0 aromatic rings. The SMILES string of the molecule is CCCCCCCC1=C(CCCCCC)SCCN1. The van der Waals surface area contributed by atoms with Crippen LogP contribution >= 0.6 is 11.8 Å². The van der Waals surface area contributed by atoms with Gasteiger partial charge >= 0.3 is 0 Å². The number of unbranched alkanes of at least 4 members (excludes halogenated alkanes) is 7. The molecule has 0 bridgehead atoms. The van der Waals surface area contributed by atoms with E-state index in [1.165, 1.54) is 82.9 Å². The Morgan fingerprint density at radius 3 is 2.21 bits per heavy atom. The maximum atomic E-state index is 3.66. The molecule has 0 aliphatic carbocycles. The maximum Gasteiger partial charge on any atom is 0.0238 e. The molecule has 0 aromatic heterocycles. The monoisotopic (exact) mass is 283 g/mol. The van der Waals surface area contributed by atoms with Crippen molar-refractivity contribution in [1.82, 2.24) is 5.32 Å². The van der Waals surface area contributed by atoms with Crippen molar-refractivity contribution < 1.29 is 0 Å². The minimum absolute atomic E-state index is 1.17. The van der Waals surface area contributed by atoms with E-state index in [4.69, 9.17) is 0 Å². The summed E-state index contributed by atoms with van der Waals surface area (Å²) < 4.78 is 0. The van der Waals surface area contributed by atoms with Crippen LogP contribution in [0.4, 0.5) is 0 Å². The average molecular weight is 284 g/mol. The lowest BCUT2D eigenvalue weighted by molar-refractivity contribution is 0.609. The van der Waals surface area contributed by atoms with Gasteiger partial charge in [-0.3, -0.25) is 0 Å². The summed E-state index contributed by atoms with van der Waals surface area (Å²) in [6.45, 7) is 5.75. The predicted octanol–water partition coefficient (Wildman–Crippen LogP) is 5.87. The van der Waals surface area contributed by atoms with Crippen LogP contribution < -0.4 is 5.32 Å². The normalized spacial score (nSPS) is 15.7. The maximum absolute atomic E-state index is 3.66. The summed E-state index contributed by atoms with van der Waals surface area (Å²) in [5.74, 6) is 1.27. The lowest BCUT2D eigenvalue weighted by Gasteiger charge is -2.22. The van der Waals surface area contributed by atoms with Crippen molar-refractivity contribution in [3.05, 3.63) is 10.6 Å². The summed E-state index contributed by atoms with van der Waals surface area (Å²) >= 11 is 2.11. The molecule has 0 aromatic carbocycles. The van der Waals surface area contributed by atoms with Crippen LogP contribution in [0.25, 0.3) is 0 Å². The molecule has 0 saturated carbocycles. The molecule has 1 heterocycles. The molecule has 2 heteroatoms. The van der Waals surface area contributed by atoms with Crippen molar-refractivity contribution in [3.8, 4) is 0 Å². The quantitative estimate of drug-likeness (QED) is 0.476. The first kappa shape index (κ1) is 16.9. The number of rotatable bonds is 11. The van der Waals surface area contributed by atoms with Crippen molar-refractivity contribution in [2.75, 3.05) is 12.3 Å². The van der Waals surface area contributed by atoms with Crippen LogP contribution in [-0.4, -0.2) is 12.3 Å². The first-order valence-electron chi connectivity index (χ1n) is 8.47. The van der Waals surface area contributed by atoms with Gasteiger partial charge in [-0.2, -0.15) is 0 Å². The van der Waals surface area contributed by atoms with Crippen molar-refractivity contribution in [2.45, 2.75) is 84.5 Å². The van der Waals surface area contributed by atoms with Crippen LogP contribution in [0.1, 0.15) is 84.5 Å². The van der Waals surface area contributed by atoms with Gasteiger partial charge in [-0.25, -0.2) is 0 Å². The molecule has 0 saturated heterocycles. The van der Waals surface area contributed by atoms with Crippen molar-refractivity contribution in [3.63, 3.8) is 0 Å². The molecule has 1 N–H and O–H groups in total. The van der Waals surface area contributed by atoms with E-state index in [1.54, 1.807) is 10.6 Å². The van der Waals surface area contributed by atoms with E-state index in [-0.39, 0.29) is 0 Å². The third-order valence-electron chi connectivity index (χ3n) is 3.84. The first-order valence-corrected chi connectivity index (χ1v) is 9.45. The number of nitrogens with one attached hydrogen (secondary N) is 1. The molecule has 0 fully saturated rings. The second kappa shape index (κ2) is 11.7. The fraction of sp³-hybridized carbons (Fsp3) is 0.882. The van der Waals surface area contributed by atoms with Crippen molar-refractivity contribution in [1.29, 1.82) is 0 Å². The standard InChI is InChI=1S/C17H33NS/c1-3-5-7-9-10-12-16-17(19-15-14-18-16)13-11-8-6-4-2/h18H,3-15H2,1-2H3. The Morgan fingerprint density at radius 2 is 1.47 bits per heavy atom. The highest BCUT2D eigenvalue weighted by Gasteiger charge is 2.12. The van der Waals surface area contributed by atoms with E-state index < -0.39 is 0 Å². The van der Waals surface area contributed by atoms with Gasteiger partial charge in [-0.05, 0) is 25.7 Å². The Bertz CT molecular complexity index is 248. The Labute approximate surface area is 125 Å². The van der Waals surface area contributed by atoms with Crippen LogP contribution in [0.3, 0.4) is 0 Å². The molecule has 1 rings (SSSR count). The summed E-state index contributed by atoms with van der Waals surface area (Å²) in [4.78, 5) is 1.68. The topological polar surface area (TPSA) is 12.0 Å².